The summed E-state index contributed by atoms with van der Waals surface area (Å²) < 4.78 is 5.18. The van der Waals surface area contributed by atoms with Crippen LogP contribution in [0.3, 0.4) is 0 Å². The number of fused-ring (bicyclic) bond motifs is 2. The second-order valence-electron chi connectivity index (χ2n) is 7.49. The van der Waals surface area contributed by atoms with E-state index in [1.54, 1.807) is 6.07 Å². The van der Waals surface area contributed by atoms with E-state index in [2.05, 4.69) is 23.2 Å². The van der Waals surface area contributed by atoms with Gasteiger partial charge in [-0.15, -0.1) is 0 Å². The van der Waals surface area contributed by atoms with Gasteiger partial charge >= 0.3 is 5.97 Å². The van der Waals surface area contributed by atoms with Gasteiger partial charge in [-0.25, -0.2) is 4.79 Å². The molecular weight excluding hydrogens is 316 g/mol. The van der Waals surface area contributed by atoms with E-state index < -0.39 is 0 Å². The molecule has 3 aliphatic heterocycles. The Morgan fingerprint density at radius 3 is 3.08 bits per heavy atom. The van der Waals surface area contributed by atoms with Crippen molar-refractivity contribution in [2.45, 2.75) is 31.2 Å². The molecule has 1 spiro atoms. The number of allylic oxidation sites excluding steroid dienone is 1. The number of methoxy groups -OCH3 is 1. The highest BCUT2D eigenvalue weighted by atomic mass is 16.5. The Balaban J connectivity index is 1.82. The fourth-order valence-corrected chi connectivity index (χ4v) is 5.64. The maximum atomic E-state index is 12.8. The Bertz CT molecular complexity index is 856. The van der Waals surface area contributed by atoms with Crippen LogP contribution in [0, 0.1) is 5.92 Å². The van der Waals surface area contributed by atoms with Gasteiger partial charge in [-0.05, 0) is 43.5 Å². The number of carbonyl (C=O) groups is 1. The van der Waals surface area contributed by atoms with E-state index >= 15 is 0 Å². The van der Waals surface area contributed by atoms with Gasteiger partial charge in [0.05, 0.1) is 18.1 Å². The smallest absolute Gasteiger partial charge is 0.336 e. The first kappa shape index (κ1) is 15.0. The van der Waals surface area contributed by atoms with Crippen molar-refractivity contribution >= 4 is 11.7 Å². The number of ether oxygens (including phenoxy) is 1. The molecule has 1 aromatic rings. The van der Waals surface area contributed by atoms with Crippen molar-refractivity contribution in [3.05, 3.63) is 46.7 Å². The second kappa shape index (κ2) is 4.88. The fourth-order valence-electron chi connectivity index (χ4n) is 5.64. The van der Waals surface area contributed by atoms with E-state index in [4.69, 9.17) is 4.74 Å². The molecule has 2 fully saturated rings. The molecule has 0 amide bonds. The van der Waals surface area contributed by atoms with Crippen molar-refractivity contribution in [3.63, 3.8) is 0 Å². The van der Waals surface area contributed by atoms with E-state index in [1.165, 1.54) is 12.7 Å². The molecule has 2 bridgehead atoms. The van der Waals surface area contributed by atoms with Crippen LogP contribution in [0.1, 0.15) is 25.3 Å². The molecule has 0 saturated carbocycles. The fraction of sp³-hybridized carbons (Fsp3) is 0.450. The number of aromatic hydroxyl groups is 1. The van der Waals surface area contributed by atoms with E-state index in [-0.39, 0.29) is 23.1 Å². The largest absolute Gasteiger partial charge is 0.508 e. The highest BCUT2D eigenvalue weighted by Gasteiger charge is 2.62. The summed E-state index contributed by atoms with van der Waals surface area (Å²) in [5.74, 6) is 0.165. The Morgan fingerprint density at radius 1 is 1.48 bits per heavy atom. The van der Waals surface area contributed by atoms with Gasteiger partial charge < -0.3 is 15.2 Å². The Hall–Kier alpha value is -2.27. The van der Waals surface area contributed by atoms with Crippen LogP contribution < -0.4 is 5.32 Å². The Morgan fingerprint density at radius 2 is 2.32 bits per heavy atom. The third kappa shape index (κ3) is 1.69. The monoisotopic (exact) mass is 338 g/mol. The molecule has 4 aliphatic rings. The number of esters is 1. The van der Waals surface area contributed by atoms with Gasteiger partial charge in [0, 0.05) is 36.4 Å². The number of hydrogen-bond acceptors (Lipinski definition) is 5. The molecule has 130 valence electrons. The first-order chi connectivity index (χ1) is 12.1. The lowest BCUT2D eigenvalue weighted by Gasteiger charge is -2.48. The van der Waals surface area contributed by atoms with Gasteiger partial charge in [0.1, 0.15) is 5.75 Å². The second-order valence-corrected chi connectivity index (χ2v) is 7.49. The quantitative estimate of drug-likeness (QED) is 0.468. The summed E-state index contributed by atoms with van der Waals surface area (Å²) in [7, 11) is 1.46. The van der Waals surface area contributed by atoms with Crippen molar-refractivity contribution in [3.8, 4) is 5.75 Å². The number of carbonyl (C=O) groups excluding carboxylic acids is 1. The maximum Gasteiger partial charge on any atom is 0.336 e. The van der Waals surface area contributed by atoms with Gasteiger partial charge in [-0.2, -0.15) is 0 Å². The lowest BCUT2D eigenvalue weighted by molar-refractivity contribution is -0.137. The van der Waals surface area contributed by atoms with Crippen LogP contribution in [-0.4, -0.2) is 42.2 Å². The third-order valence-corrected chi connectivity index (χ3v) is 6.68. The van der Waals surface area contributed by atoms with Crippen LogP contribution in [0.25, 0.3) is 0 Å². The van der Waals surface area contributed by atoms with E-state index in [1.807, 2.05) is 12.1 Å². The van der Waals surface area contributed by atoms with Gasteiger partial charge in [0.2, 0.25) is 0 Å². The third-order valence-electron chi connectivity index (χ3n) is 6.68. The number of nitrogens with one attached hydrogen (secondary N) is 1. The van der Waals surface area contributed by atoms with Crippen molar-refractivity contribution in [2.24, 2.45) is 5.92 Å². The average molecular weight is 338 g/mol. The molecule has 1 aliphatic carbocycles. The molecule has 3 atom stereocenters. The highest BCUT2D eigenvalue weighted by molar-refractivity contribution is 5.94. The van der Waals surface area contributed by atoms with Crippen LogP contribution in [0.4, 0.5) is 5.69 Å². The number of rotatable bonds is 1. The van der Waals surface area contributed by atoms with Crippen LogP contribution >= 0.6 is 0 Å². The summed E-state index contributed by atoms with van der Waals surface area (Å²) in [6, 6.07) is 5.86. The Labute approximate surface area is 147 Å². The number of nitrogens with zero attached hydrogens (tertiary/aromatic N) is 1. The molecule has 5 rings (SSSR count). The van der Waals surface area contributed by atoms with Crippen LogP contribution in [0.5, 0.6) is 5.75 Å². The molecule has 5 nitrogen and oxygen atoms in total. The molecule has 3 heterocycles. The molecule has 1 unspecified atom stereocenters. The summed E-state index contributed by atoms with van der Waals surface area (Å²) >= 11 is 0. The first-order valence-corrected chi connectivity index (χ1v) is 8.92. The maximum absolute atomic E-state index is 12.8. The van der Waals surface area contributed by atoms with Crippen molar-refractivity contribution < 1.29 is 14.6 Å². The zero-order valence-corrected chi connectivity index (χ0v) is 14.5. The lowest BCUT2D eigenvalue weighted by atomic mass is 9.62. The van der Waals surface area contributed by atoms with E-state index in [0.717, 1.165) is 48.5 Å². The Kier molecular flexibility index (Phi) is 2.93. The number of benzene rings is 1. The summed E-state index contributed by atoms with van der Waals surface area (Å²) in [6.07, 6.45) is 4.05. The van der Waals surface area contributed by atoms with Crippen LogP contribution in [-0.2, 0) is 14.9 Å². The molecule has 0 radical (unpaired) electrons. The normalized spacial score (nSPS) is 33.9. The van der Waals surface area contributed by atoms with E-state index in [0.29, 0.717) is 6.04 Å². The standard InChI is InChI=1S/C20H22N2O3/c1-3-11-10-22-7-6-20-14-8-12(23)4-5-15(14)21-18(20)17(19(24)25-2)13(11)9-16(20)22/h3-5,8,13,16,21,23H,6-7,9-10H2,1-2H3/b11-3-/t13?,16-,20+/m0/s1. The average Bonchev–Trinajstić information content (AvgIpc) is 3.17. The number of phenols is 1. The number of piperidine rings is 1. The number of hydrogen-bond donors (Lipinski definition) is 2. The SMILES string of the molecule is C/C=C1/CN2CC[C@]34C(=C(C(=O)OC)C1C[C@H]23)Nc1ccc(O)cc14. The summed E-state index contributed by atoms with van der Waals surface area (Å²) in [6.45, 7) is 3.97. The predicted octanol–water partition coefficient (Wildman–Crippen LogP) is 2.54. The topological polar surface area (TPSA) is 61.8 Å². The minimum absolute atomic E-state index is 0.121. The molecule has 2 saturated heterocycles. The molecule has 1 aromatic carbocycles. The van der Waals surface area contributed by atoms with Gasteiger partial charge in [-0.3, -0.25) is 4.90 Å². The first-order valence-electron chi connectivity index (χ1n) is 8.92. The van der Waals surface area contributed by atoms with Gasteiger partial charge in [0.15, 0.2) is 0 Å². The van der Waals surface area contributed by atoms with Gasteiger partial charge in [0.25, 0.3) is 0 Å². The summed E-state index contributed by atoms with van der Waals surface area (Å²) in [5, 5.41) is 13.6. The minimum atomic E-state index is -0.234. The molecule has 5 heteroatoms. The molecular formula is C20H22N2O3. The summed E-state index contributed by atoms with van der Waals surface area (Å²) in [4.78, 5) is 15.3. The number of anilines is 1. The van der Waals surface area contributed by atoms with Crippen molar-refractivity contribution in [1.82, 2.24) is 4.90 Å². The van der Waals surface area contributed by atoms with Crippen LogP contribution in [0.15, 0.2) is 41.1 Å². The molecule has 25 heavy (non-hydrogen) atoms. The predicted molar refractivity (Wildman–Crippen MR) is 94.3 cm³/mol. The highest BCUT2D eigenvalue weighted by Crippen LogP contribution is 2.61. The lowest BCUT2D eigenvalue weighted by Crippen LogP contribution is -2.53. The zero-order chi connectivity index (χ0) is 17.3. The van der Waals surface area contributed by atoms with Crippen LogP contribution in [0.2, 0.25) is 0 Å². The van der Waals surface area contributed by atoms with Gasteiger partial charge in [-0.1, -0.05) is 11.6 Å². The molecule has 2 N–H and O–H groups in total. The number of phenolic OH excluding ortho intramolecular Hbond substituents is 1. The van der Waals surface area contributed by atoms with Crippen molar-refractivity contribution in [2.75, 3.05) is 25.5 Å². The molecule has 0 aromatic heterocycles. The van der Waals surface area contributed by atoms with E-state index in [9.17, 15) is 9.90 Å². The zero-order valence-electron chi connectivity index (χ0n) is 14.5. The summed E-state index contributed by atoms with van der Waals surface area (Å²) in [5.41, 5.74) is 4.99. The minimum Gasteiger partial charge on any atom is -0.508 e. The van der Waals surface area contributed by atoms with Crippen molar-refractivity contribution in [1.29, 1.82) is 0 Å².